The van der Waals surface area contributed by atoms with E-state index in [4.69, 9.17) is 0 Å². The van der Waals surface area contributed by atoms with Crippen LogP contribution in [-0.4, -0.2) is 44.7 Å². The van der Waals surface area contributed by atoms with Crippen molar-refractivity contribution < 1.29 is 21.9 Å². The second-order valence-corrected chi connectivity index (χ2v) is 7.97. The van der Waals surface area contributed by atoms with Gasteiger partial charge in [0.15, 0.2) is 11.6 Å². The van der Waals surface area contributed by atoms with Crippen molar-refractivity contribution in [1.82, 2.24) is 4.98 Å². The first kappa shape index (κ1) is 14.7. The van der Waals surface area contributed by atoms with Crippen LogP contribution in [0.2, 0.25) is 0 Å². The molecule has 0 aliphatic heterocycles. The fourth-order valence-electron chi connectivity index (χ4n) is 1.08. The third kappa shape index (κ3) is 4.88. The molecule has 0 atom stereocenters. The van der Waals surface area contributed by atoms with Gasteiger partial charge in [0.05, 0.1) is 11.5 Å². The highest BCUT2D eigenvalue weighted by atomic mass is 32.2. The van der Waals surface area contributed by atoms with E-state index < -0.39 is 31.4 Å². The van der Waals surface area contributed by atoms with Gasteiger partial charge < -0.3 is 5.11 Å². The third-order valence-electron chi connectivity index (χ3n) is 1.99. The van der Waals surface area contributed by atoms with Crippen molar-refractivity contribution in [3.8, 4) is 5.75 Å². The van der Waals surface area contributed by atoms with Gasteiger partial charge in [-0.25, -0.2) is 21.8 Å². The van der Waals surface area contributed by atoms with Crippen molar-refractivity contribution in [2.24, 2.45) is 0 Å². The lowest BCUT2D eigenvalue weighted by Gasteiger charge is -2.08. The van der Waals surface area contributed by atoms with E-state index in [0.717, 1.165) is 6.26 Å². The molecule has 1 heterocycles. The molecule has 0 amide bonds. The molecule has 0 spiro atoms. The molecular weight excluding hydrogens is 280 g/mol. The maximum atomic E-state index is 11.6. The van der Waals surface area contributed by atoms with Crippen molar-refractivity contribution in [1.29, 1.82) is 0 Å². The van der Waals surface area contributed by atoms with Crippen molar-refractivity contribution in [3.63, 3.8) is 0 Å². The van der Waals surface area contributed by atoms with Gasteiger partial charge in [-0.2, -0.15) is 0 Å². The standard InChI is InChI=1S/C9H14N2O5S2/c1-7-3-4-8(12)9(10-7)11-18(15,16)6-5-17(2,13)14/h3-4,12H,5-6H2,1-2H3,(H,10,11). The number of nitrogens with zero attached hydrogens (tertiary/aromatic N) is 1. The van der Waals surface area contributed by atoms with Crippen LogP contribution in [-0.2, 0) is 19.9 Å². The molecule has 18 heavy (non-hydrogen) atoms. The van der Waals surface area contributed by atoms with Gasteiger partial charge in [-0.3, -0.25) is 4.72 Å². The largest absolute Gasteiger partial charge is 0.504 e. The van der Waals surface area contributed by atoms with Crippen LogP contribution in [0.5, 0.6) is 5.75 Å². The van der Waals surface area contributed by atoms with Crippen LogP contribution in [0.1, 0.15) is 5.69 Å². The molecule has 1 aromatic rings. The summed E-state index contributed by atoms with van der Waals surface area (Å²) in [4.78, 5) is 3.81. The molecule has 0 unspecified atom stereocenters. The van der Waals surface area contributed by atoms with Crippen LogP contribution >= 0.6 is 0 Å². The Morgan fingerprint density at radius 2 is 1.83 bits per heavy atom. The number of hydrogen-bond donors (Lipinski definition) is 2. The zero-order chi connectivity index (χ0) is 14.0. The highest BCUT2D eigenvalue weighted by Gasteiger charge is 2.17. The van der Waals surface area contributed by atoms with Crippen LogP contribution in [0.3, 0.4) is 0 Å². The molecular formula is C9H14N2O5S2. The quantitative estimate of drug-likeness (QED) is 0.782. The Morgan fingerprint density at radius 3 is 2.39 bits per heavy atom. The topological polar surface area (TPSA) is 113 Å². The van der Waals surface area contributed by atoms with Gasteiger partial charge in [-0.15, -0.1) is 0 Å². The Bertz CT molecular complexity index is 637. The van der Waals surface area contributed by atoms with E-state index in [-0.39, 0.29) is 11.6 Å². The lowest BCUT2D eigenvalue weighted by Crippen LogP contribution is -2.23. The van der Waals surface area contributed by atoms with Crippen LogP contribution in [0.25, 0.3) is 0 Å². The molecule has 102 valence electrons. The number of hydrogen-bond acceptors (Lipinski definition) is 6. The van der Waals surface area contributed by atoms with Crippen molar-refractivity contribution in [3.05, 3.63) is 17.8 Å². The number of sulfone groups is 1. The first-order valence-corrected chi connectivity index (χ1v) is 8.65. The Kier molecular flexibility index (Phi) is 4.17. The molecule has 0 fully saturated rings. The van der Waals surface area contributed by atoms with E-state index >= 15 is 0 Å². The van der Waals surface area contributed by atoms with Gasteiger partial charge in [-0.1, -0.05) is 0 Å². The first-order valence-electron chi connectivity index (χ1n) is 4.94. The van der Waals surface area contributed by atoms with E-state index in [1.807, 2.05) is 4.72 Å². The minimum Gasteiger partial charge on any atom is -0.504 e. The number of aromatic nitrogens is 1. The zero-order valence-corrected chi connectivity index (χ0v) is 11.5. The summed E-state index contributed by atoms with van der Waals surface area (Å²) in [5.41, 5.74) is 0.522. The normalized spacial score (nSPS) is 12.3. The molecule has 0 radical (unpaired) electrons. The van der Waals surface area contributed by atoms with Crippen LogP contribution < -0.4 is 4.72 Å². The van der Waals surface area contributed by atoms with Gasteiger partial charge in [0.25, 0.3) is 0 Å². The summed E-state index contributed by atoms with van der Waals surface area (Å²) >= 11 is 0. The molecule has 0 aromatic carbocycles. The Labute approximate surface area is 106 Å². The summed E-state index contributed by atoms with van der Waals surface area (Å²) in [5, 5.41) is 9.42. The molecule has 0 saturated heterocycles. The molecule has 9 heteroatoms. The minimum atomic E-state index is -3.86. The van der Waals surface area contributed by atoms with Crippen molar-refractivity contribution in [2.75, 3.05) is 22.5 Å². The average Bonchev–Trinajstić information content (AvgIpc) is 2.20. The lowest BCUT2D eigenvalue weighted by molar-refractivity contribution is 0.475. The van der Waals surface area contributed by atoms with E-state index in [1.165, 1.54) is 12.1 Å². The average molecular weight is 294 g/mol. The summed E-state index contributed by atoms with van der Waals surface area (Å²) in [6.45, 7) is 1.63. The number of sulfonamides is 1. The highest BCUT2D eigenvalue weighted by Crippen LogP contribution is 2.21. The monoisotopic (exact) mass is 294 g/mol. The third-order valence-corrected chi connectivity index (χ3v) is 4.44. The van der Waals surface area contributed by atoms with Gasteiger partial charge in [0.2, 0.25) is 10.0 Å². The summed E-state index contributed by atoms with van der Waals surface area (Å²) < 4.78 is 47.0. The number of aryl methyl sites for hydroxylation is 1. The van der Waals surface area contributed by atoms with Crippen LogP contribution in [0, 0.1) is 6.92 Å². The van der Waals surface area contributed by atoms with Crippen molar-refractivity contribution >= 4 is 25.7 Å². The van der Waals surface area contributed by atoms with E-state index in [2.05, 4.69) is 4.98 Å². The maximum Gasteiger partial charge on any atom is 0.234 e. The Hall–Kier alpha value is -1.35. The predicted octanol–water partition coefficient (Wildman–Crippen LogP) is -0.118. The van der Waals surface area contributed by atoms with Crippen LogP contribution in [0.4, 0.5) is 5.82 Å². The smallest absolute Gasteiger partial charge is 0.234 e. The molecule has 0 aliphatic rings. The lowest BCUT2D eigenvalue weighted by atomic mass is 10.3. The van der Waals surface area contributed by atoms with Gasteiger partial charge in [0.1, 0.15) is 9.84 Å². The second kappa shape index (κ2) is 5.11. The SMILES string of the molecule is Cc1ccc(O)c(NS(=O)(=O)CCS(C)(=O)=O)n1. The van der Waals surface area contributed by atoms with E-state index in [0.29, 0.717) is 5.69 Å². The summed E-state index contributed by atoms with van der Waals surface area (Å²) in [6.07, 6.45) is 0.949. The summed E-state index contributed by atoms with van der Waals surface area (Å²) in [6, 6.07) is 2.82. The predicted molar refractivity (Wildman–Crippen MR) is 67.8 cm³/mol. The van der Waals surface area contributed by atoms with Crippen molar-refractivity contribution in [2.45, 2.75) is 6.92 Å². The molecule has 1 rings (SSSR count). The van der Waals surface area contributed by atoms with Gasteiger partial charge in [0, 0.05) is 11.9 Å². The fraction of sp³-hybridized carbons (Fsp3) is 0.444. The number of nitrogens with one attached hydrogen (secondary N) is 1. The fourth-order valence-corrected chi connectivity index (χ4v) is 3.72. The molecule has 0 aliphatic carbocycles. The van der Waals surface area contributed by atoms with E-state index in [9.17, 15) is 21.9 Å². The summed E-state index contributed by atoms with van der Waals surface area (Å²) in [7, 11) is -7.23. The maximum absolute atomic E-state index is 11.6. The molecule has 0 saturated carbocycles. The number of rotatable bonds is 5. The summed E-state index contributed by atoms with van der Waals surface area (Å²) in [5.74, 6) is -1.59. The van der Waals surface area contributed by atoms with Crippen LogP contribution in [0.15, 0.2) is 12.1 Å². The molecule has 0 bridgehead atoms. The minimum absolute atomic E-state index is 0.205. The Morgan fingerprint density at radius 1 is 1.22 bits per heavy atom. The van der Waals surface area contributed by atoms with Gasteiger partial charge in [-0.05, 0) is 19.1 Å². The van der Waals surface area contributed by atoms with Gasteiger partial charge >= 0.3 is 0 Å². The van der Waals surface area contributed by atoms with E-state index in [1.54, 1.807) is 6.92 Å². The number of anilines is 1. The second-order valence-electron chi connectivity index (χ2n) is 3.87. The zero-order valence-electron chi connectivity index (χ0n) is 9.91. The molecule has 2 N–H and O–H groups in total. The highest BCUT2D eigenvalue weighted by molar-refractivity contribution is 7.95. The number of aromatic hydroxyl groups is 1. The first-order chi connectivity index (χ1) is 8.09. The Balaban J connectivity index is 2.86. The molecule has 1 aromatic heterocycles. The molecule has 7 nitrogen and oxygen atoms in total. The number of pyridine rings is 1.